The van der Waals surface area contributed by atoms with Crippen LogP contribution in [-0.2, 0) is 0 Å². The number of urea groups is 1. The summed E-state index contributed by atoms with van der Waals surface area (Å²) in [7, 11) is 0. The van der Waals surface area contributed by atoms with Gasteiger partial charge < -0.3 is 15.5 Å². The maximum Gasteiger partial charge on any atom is 0.319 e. The van der Waals surface area contributed by atoms with Gasteiger partial charge in [0.15, 0.2) is 0 Å². The molecule has 6 nitrogen and oxygen atoms in total. The first-order valence-corrected chi connectivity index (χ1v) is 8.77. The van der Waals surface area contributed by atoms with Crippen molar-refractivity contribution >= 4 is 33.6 Å². The van der Waals surface area contributed by atoms with Crippen LogP contribution >= 0.6 is 15.9 Å². The molecular weight excluding hydrogens is 370 g/mol. The van der Waals surface area contributed by atoms with E-state index in [1.165, 1.54) is 0 Å². The molecule has 0 unspecified atom stereocenters. The van der Waals surface area contributed by atoms with Crippen molar-refractivity contribution in [2.45, 2.75) is 25.8 Å². The van der Waals surface area contributed by atoms with E-state index in [0.717, 1.165) is 47.6 Å². The molecule has 2 aromatic rings. The second kappa shape index (κ2) is 7.61. The van der Waals surface area contributed by atoms with Crippen molar-refractivity contribution in [2.75, 3.05) is 23.3 Å². The molecule has 2 amide bonds. The Morgan fingerprint density at radius 1 is 1.25 bits per heavy atom. The highest BCUT2D eigenvalue weighted by Crippen LogP contribution is 2.20. The highest BCUT2D eigenvalue weighted by molar-refractivity contribution is 9.10. The molecule has 0 radical (unpaired) electrons. The predicted octanol–water partition coefficient (Wildman–Crippen LogP) is 3.34. The summed E-state index contributed by atoms with van der Waals surface area (Å²) in [6.07, 6.45) is 5.26. The zero-order valence-electron chi connectivity index (χ0n) is 13.5. The molecule has 2 N–H and O–H groups in total. The van der Waals surface area contributed by atoms with E-state index in [1.54, 1.807) is 12.4 Å². The summed E-state index contributed by atoms with van der Waals surface area (Å²) in [4.78, 5) is 22.8. The van der Waals surface area contributed by atoms with Crippen molar-refractivity contribution in [3.63, 3.8) is 0 Å². The van der Waals surface area contributed by atoms with Gasteiger partial charge in [-0.3, -0.25) is 0 Å². The first-order chi connectivity index (χ1) is 11.6. The lowest BCUT2D eigenvalue weighted by Crippen LogP contribution is -2.46. The van der Waals surface area contributed by atoms with Gasteiger partial charge in [0.2, 0.25) is 5.95 Å². The SMILES string of the molecule is Cc1cc(NC(=O)NC2CCN(c3ncccn3)CC2)ccc1Br. The number of hydrogen-bond acceptors (Lipinski definition) is 4. The van der Waals surface area contributed by atoms with Gasteiger partial charge in [-0.15, -0.1) is 0 Å². The van der Waals surface area contributed by atoms with Crippen molar-refractivity contribution in [3.05, 3.63) is 46.7 Å². The molecule has 1 aromatic carbocycles. The van der Waals surface area contributed by atoms with E-state index in [0.29, 0.717) is 0 Å². The second-order valence-electron chi connectivity index (χ2n) is 5.87. The third-order valence-corrected chi connectivity index (χ3v) is 4.97. The number of aromatic nitrogens is 2. The number of halogens is 1. The van der Waals surface area contributed by atoms with E-state index in [-0.39, 0.29) is 12.1 Å². The van der Waals surface area contributed by atoms with Gasteiger partial charge in [0.05, 0.1) is 0 Å². The summed E-state index contributed by atoms with van der Waals surface area (Å²) in [6, 6.07) is 7.58. The first kappa shape index (κ1) is 16.7. The van der Waals surface area contributed by atoms with Crippen molar-refractivity contribution in [3.8, 4) is 0 Å². The molecule has 24 heavy (non-hydrogen) atoms. The number of piperidine rings is 1. The number of carbonyl (C=O) groups is 1. The lowest BCUT2D eigenvalue weighted by molar-refractivity contribution is 0.246. The highest BCUT2D eigenvalue weighted by atomic mass is 79.9. The number of rotatable bonds is 3. The lowest BCUT2D eigenvalue weighted by atomic mass is 10.1. The van der Waals surface area contributed by atoms with Crippen LogP contribution in [0.1, 0.15) is 18.4 Å². The van der Waals surface area contributed by atoms with E-state index < -0.39 is 0 Å². The van der Waals surface area contributed by atoms with Crippen LogP contribution in [0.5, 0.6) is 0 Å². The predicted molar refractivity (Wildman–Crippen MR) is 98.3 cm³/mol. The van der Waals surface area contributed by atoms with E-state index in [4.69, 9.17) is 0 Å². The molecule has 0 spiro atoms. The molecule has 0 atom stereocenters. The minimum atomic E-state index is -0.161. The maximum atomic E-state index is 12.2. The van der Waals surface area contributed by atoms with Crippen LogP contribution in [0.4, 0.5) is 16.4 Å². The molecule has 0 aliphatic carbocycles. The number of hydrogen-bond donors (Lipinski definition) is 2. The van der Waals surface area contributed by atoms with Gasteiger partial charge in [-0.05, 0) is 49.6 Å². The van der Waals surface area contributed by atoms with Gasteiger partial charge in [0.1, 0.15) is 0 Å². The molecular formula is C17H20BrN5O. The zero-order chi connectivity index (χ0) is 16.9. The Balaban J connectivity index is 1.49. The van der Waals surface area contributed by atoms with Crippen molar-refractivity contribution < 1.29 is 4.79 Å². The fraction of sp³-hybridized carbons (Fsp3) is 0.353. The lowest BCUT2D eigenvalue weighted by Gasteiger charge is -2.32. The Morgan fingerprint density at radius 2 is 1.96 bits per heavy atom. The maximum absolute atomic E-state index is 12.2. The molecule has 7 heteroatoms. The van der Waals surface area contributed by atoms with Crippen LogP contribution in [0.15, 0.2) is 41.1 Å². The van der Waals surface area contributed by atoms with Crippen LogP contribution in [0.3, 0.4) is 0 Å². The topological polar surface area (TPSA) is 70.2 Å². The Kier molecular flexibility index (Phi) is 5.30. The van der Waals surface area contributed by atoms with E-state index in [2.05, 4.69) is 41.4 Å². The van der Waals surface area contributed by atoms with Gasteiger partial charge in [-0.1, -0.05) is 15.9 Å². The average molecular weight is 390 g/mol. The average Bonchev–Trinajstić information content (AvgIpc) is 2.59. The smallest absolute Gasteiger partial charge is 0.319 e. The van der Waals surface area contributed by atoms with Gasteiger partial charge in [-0.2, -0.15) is 0 Å². The Labute approximate surface area is 149 Å². The molecule has 1 aliphatic heterocycles. The van der Waals surface area contributed by atoms with Crippen LogP contribution in [0.2, 0.25) is 0 Å². The third kappa shape index (κ3) is 4.23. The molecule has 0 saturated carbocycles. The molecule has 3 rings (SSSR count). The summed E-state index contributed by atoms with van der Waals surface area (Å²) in [5.74, 6) is 0.755. The monoisotopic (exact) mass is 389 g/mol. The summed E-state index contributed by atoms with van der Waals surface area (Å²) in [5, 5.41) is 5.94. The summed E-state index contributed by atoms with van der Waals surface area (Å²) in [6.45, 7) is 3.67. The fourth-order valence-electron chi connectivity index (χ4n) is 2.75. The normalized spacial score (nSPS) is 15.2. The van der Waals surface area contributed by atoms with Crippen LogP contribution in [0.25, 0.3) is 0 Å². The largest absolute Gasteiger partial charge is 0.341 e. The Hall–Kier alpha value is -2.15. The number of aryl methyl sites for hydroxylation is 1. The standard InChI is InChI=1S/C17H20BrN5O/c1-12-11-14(3-4-15(12)18)22-17(24)21-13-5-9-23(10-6-13)16-19-7-2-8-20-16/h2-4,7-8,11,13H,5-6,9-10H2,1H3,(H2,21,22,24). The van der Waals surface area contributed by atoms with E-state index >= 15 is 0 Å². The molecule has 0 bridgehead atoms. The van der Waals surface area contributed by atoms with Crippen molar-refractivity contribution in [1.82, 2.24) is 15.3 Å². The van der Waals surface area contributed by atoms with Gasteiger partial charge in [0, 0.05) is 41.7 Å². The zero-order valence-corrected chi connectivity index (χ0v) is 15.1. The van der Waals surface area contributed by atoms with Crippen molar-refractivity contribution in [1.29, 1.82) is 0 Å². The highest BCUT2D eigenvalue weighted by Gasteiger charge is 2.22. The van der Waals surface area contributed by atoms with E-state index in [1.807, 2.05) is 31.2 Å². The minimum absolute atomic E-state index is 0.161. The Bertz CT molecular complexity index is 701. The number of carbonyl (C=O) groups excluding carboxylic acids is 1. The van der Waals surface area contributed by atoms with Crippen LogP contribution in [-0.4, -0.2) is 35.1 Å². The number of nitrogens with one attached hydrogen (secondary N) is 2. The number of amides is 2. The quantitative estimate of drug-likeness (QED) is 0.844. The molecule has 126 valence electrons. The van der Waals surface area contributed by atoms with Gasteiger partial charge in [0.25, 0.3) is 0 Å². The third-order valence-electron chi connectivity index (χ3n) is 4.08. The van der Waals surface area contributed by atoms with E-state index in [9.17, 15) is 4.79 Å². The first-order valence-electron chi connectivity index (χ1n) is 7.97. The molecule has 2 heterocycles. The van der Waals surface area contributed by atoms with Gasteiger partial charge >= 0.3 is 6.03 Å². The summed E-state index contributed by atoms with van der Waals surface area (Å²) >= 11 is 3.46. The second-order valence-corrected chi connectivity index (χ2v) is 6.73. The summed E-state index contributed by atoms with van der Waals surface area (Å²) < 4.78 is 1.03. The number of nitrogens with zero attached hydrogens (tertiary/aromatic N) is 3. The molecule has 1 fully saturated rings. The number of anilines is 2. The minimum Gasteiger partial charge on any atom is -0.341 e. The molecule has 1 aromatic heterocycles. The van der Waals surface area contributed by atoms with Crippen molar-refractivity contribution in [2.24, 2.45) is 0 Å². The molecule has 1 aliphatic rings. The molecule has 1 saturated heterocycles. The van der Waals surface area contributed by atoms with Gasteiger partial charge in [-0.25, -0.2) is 14.8 Å². The summed E-state index contributed by atoms with van der Waals surface area (Å²) in [5.41, 5.74) is 1.88. The van der Waals surface area contributed by atoms with Crippen LogP contribution in [0, 0.1) is 6.92 Å². The Morgan fingerprint density at radius 3 is 2.62 bits per heavy atom. The van der Waals surface area contributed by atoms with Crippen LogP contribution < -0.4 is 15.5 Å². The number of benzene rings is 1. The fourth-order valence-corrected chi connectivity index (χ4v) is 3.00.